The fourth-order valence-corrected chi connectivity index (χ4v) is 2.48. The van der Waals surface area contributed by atoms with Crippen LogP contribution in [0.5, 0.6) is 0 Å². The summed E-state index contributed by atoms with van der Waals surface area (Å²) in [5.41, 5.74) is 6.80. The van der Waals surface area contributed by atoms with Gasteiger partial charge in [-0.05, 0) is 18.9 Å². The normalized spacial score (nSPS) is 21.8. The number of hydrogen-bond donors (Lipinski definition) is 1. The minimum atomic E-state index is -0.244. The fourth-order valence-electron chi connectivity index (χ4n) is 2.48. The van der Waals surface area contributed by atoms with E-state index in [-0.39, 0.29) is 17.9 Å². The SMILES string of the molecule is C[C@H]1CN(C(=O)[C@H](CN)c2ccccc2)CCCO1. The number of carbonyl (C=O) groups is 1. The van der Waals surface area contributed by atoms with Gasteiger partial charge in [0.1, 0.15) is 0 Å². The largest absolute Gasteiger partial charge is 0.377 e. The maximum absolute atomic E-state index is 12.6. The zero-order valence-electron chi connectivity index (χ0n) is 11.4. The first-order valence-corrected chi connectivity index (χ1v) is 6.87. The van der Waals surface area contributed by atoms with Gasteiger partial charge in [-0.1, -0.05) is 30.3 Å². The van der Waals surface area contributed by atoms with Gasteiger partial charge in [-0.25, -0.2) is 0 Å². The molecule has 1 fully saturated rings. The summed E-state index contributed by atoms with van der Waals surface area (Å²) in [6, 6.07) is 9.77. The van der Waals surface area contributed by atoms with Crippen LogP contribution in [-0.2, 0) is 9.53 Å². The Hall–Kier alpha value is -1.39. The average molecular weight is 262 g/mol. The Bertz CT molecular complexity index is 408. The summed E-state index contributed by atoms with van der Waals surface area (Å²) in [4.78, 5) is 14.5. The van der Waals surface area contributed by atoms with E-state index in [0.29, 0.717) is 13.1 Å². The van der Waals surface area contributed by atoms with Crippen LogP contribution >= 0.6 is 0 Å². The first-order chi connectivity index (χ1) is 9.22. The summed E-state index contributed by atoms with van der Waals surface area (Å²) in [6.45, 7) is 4.48. The number of nitrogens with two attached hydrogens (primary N) is 1. The van der Waals surface area contributed by atoms with E-state index < -0.39 is 0 Å². The molecule has 19 heavy (non-hydrogen) atoms. The van der Waals surface area contributed by atoms with Gasteiger partial charge < -0.3 is 15.4 Å². The molecule has 1 aliphatic rings. The number of nitrogens with zero attached hydrogens (tertiary/aromatic N) is 1. The van der Waals surface area contributed by atoms with Gasteiger partial charge in [0.05, 0.1) is 12.0 Å². The molecule has 0 bridgehead atoms. The molecule has 0 spiro atoms. The van der Waals surface area contributed by atoms with E-state index in [1.54, 1.807) is 0 Å². The minimum Gasteiger partial charge on any atom is -0.377 e. The maximum Gasteiger partial charge on any atom is 0.231 e. The van der Waals surface area contributed by atoms with Crippen LogP contribution in [0.3, 0.4) is 0 Å². The Morgan fingerprint density at radius 2 is 2.21 bits per heavy atom. The Balaban J connectivity index is 2.12. The zero-order valence-corrected chi connectivity index (χ0v) is 11.4. The summed E-state index contributed by atoms with van der Waals surface area (Å²) in [5, 5.41) is 0. The van der Waals surface area contributed by atoms with Crippen LogP contribution in [0.1, 0.15) is 24.8 Å². The van der Waals surface area contributed by atoms with E-state index in [9.17, 15) is 4.79 Å². The van der Waals surface area contributed by atoms with Crippen molar-refractivity contribution in [2.75, 3.05) is 26.2 Å². The van der Waals surface area contributed by atoms with Crippen LogP contribution in [0.4, 0.5) is 0 Å². The van der Waals surface area contributed by atoms with Crippen molar-refractivity contribution in [2.45, 2.75) is 25.4 Å². The average Bonchev–Trinajstić information content (AvgIpc) is 2.65. The summed E-state index contributed by atoms with van der Waals surface area (Å²) in [6.07, 6.45) is 0.989. The molecular weight excluding hydrogens is 240 g/mol. The van der Waals surface area contributed by atoms with Gasteiger partial charge >= 0.3 is 0 Å². The topological polar surface area (TPSA) is 55.6 Å². The minimum absolute atomic E-state index is 0.0978. The molecule has 1 aromatic carbocycles. The van der Waals surface area contributed by atoms with Gasteiger partial charge in [0, 0.05) is 26.2 Å². The fraction of sp³-hybridized carbons (Fsp3) is 0.533. The molecular formula is C15H22N2O2. The second kappa shape index (κ2) is 6.68. The zero-order chi connectivity index (χ0) is 13.7. The highest BCUT2D eigenvalue weighted by molar-refractivity contribution is 5.84. The van der Waals surface area contributed by atoms with Crippen LogP contribution in [0.25, 0.3) is 0 Å². The predicted octanol–water partition coefficient (Wildman–Crippen LogP) is 1.37. The number of benzene rings is 1. The van der Waals surface area contributed by atoms with Crippen LogP contribution in [0.15, 0.2) is 30.3 Å². The van der Waals surface area contributed by atoms with Crippen molar-refractivity contribution in [3.05, 3.63) is 35.9 Å². The van der Waals surface area contributed by atoms with E-state index in [2.05, 4.69) is 0 Å². The smallest absolute Gasteiger partial charge is 0.231 e. The van der Waals surface area contributed by atoms with E-state index in [1.165, 1.54) is 0 Å². The molecule has 2 N–H and O–H groups in total. The number of carbonyl (C=O) groups excluding carboxylic acids is 1. The summed E-state index contributed by atoms with van der Waals surface area (Å²) in [5.74, 6) is -0.127. The maximum atomic E-state index is 12.6. The Kier molecular flexibility index (Phi) is 4.93. The molecule has 4 nitrogen and oxygen atoms in total. The lowest BCUT2D eigenvalue weighted by atomic mass is 9.97. The van der Waals surface area contributed by atoms with Crippen LogP contribution in [0, 0.1) is 0 Å². The van der Waals surface area contributed by atoms with Crippen molar-refractivity contribution in [1.82, 2.24) is 4.90 Å². The molecule has 1 aromatic rings. The monoisotopic (exact) mass is 262 g/mol. The summed E-state index contributed by atoms with van der Waals surface area (Å²) < 4.78 is 5.58. The molecule has 4 heteroatoms. The molecule has 104 valence electrons. The van der Waals surface area contributed by atoms with E-state index >= 15 is 0 Å². The second-order valence-electron chi connectivity index (χ2n) is 5.02. The van der Waals surface area contributed by atoms with E-state index in [0.717, 1.165) is 25.1 Å². The quantitative estimate of drug-likeness (QED) is 0.895. The number of amides is 1. The van der Waals surface area contributed by atoms with E-state index in [1.807, 2.05) is 42.2 Å². The summed E-state index contributed by atoms with van der Waals surface area (Å²) >= 11 is 0. The van der Waals surface area contributed by atoms with Gasteiger partial charge in [0.25, 0.3) is 0 Å². The lowest BCUT2D eigenvalue weighted by Crippen LogP contribution is -2.41. The van der Waals surface area contributed by atoms with Crippen molar-refractivity contribution in [1.29, 1.82) is 0 Å². The molecule has 1 amide bonds. The predicted molar refractivity (Wildman–Crippen MR) is 74.8 cm³/mol. The highest BCUT2D eigenvalue weighted by atomic mass is 16.5. The first kappa shape index (κ1) is 14.0. The van der Waals surface area contributed by atoms with Crippen molar-refractivity contribution >= 4 is 5.91 Å². The molecule has 0 aliphatic carbocycles. The van der Waals surface area contributed by atoms with Gasteiger partial charge in [-0.2, -0.15) is 0 Å². The van der Waals surface area contributed by atoms with Gasteiger partial charge in [0.2, 0.25) is 5.91 Å². The molecule has 0 unspecified atom stereocenters. The molecule has 2 atom stereocenters. The highest BCUT2D eigenvalue weighted by Crippen LogP contribution is 2.19. The first-order valence-electron chi connectivity index (χ1n) is 6.87. The molecule has 0 saturated carbocycles. The molecule has 1 aliphatic heterocycles. The van der Waals surface area contributed by atoms with Crippen molar-refractivity contribution in [3.63, 3.8) is 0 Å². The molecule has 0 aromatic heterocycles. The van der Waals surface area contributed by atoms with Crippen LogP contribution < -0.4 is 5.73 Å². The molecule has 1 saturated heterocycles. The number of rotatable bonds is 3. The highest BCUT2D eigenvalue weighted by Gasteiger charge is 2.27. The third-order valence-electron chi connectivity index (χ3n) is 3.50. The lowest BCUT2D eigenvalue weighted by Gasteiger charge is -2.26. The van der Waals surface area contributed by atoms with Gasteiger partial charge in [-0.3, -0.25) is 4.79 Å². The van der Waals surface area contributed by atoms with Crippen LogP contribution in [0.2, 0.25) is 0 Å². The number of ether oxygens (including phenoxy) is 1. The van der Waals surface area contributed by atoms with Gasteiger partial charge in [0.15, 0.2) is 0 Å². The Labute approximate surface area is 114 Å². The van der Waals surface area contributed by atoms with Crippen LogP contribution in [-0.4, -0.2) is 43.2 Å². The van der Waals surface area contributed by atoms with Crippen molar-refractivity contribution < 1.29 is 9.53 Å². The van der Waals surface area contributed by atoms with E-state index in [4.69, 9.17) is 10.5 Å². The van der Waals surface area contributed by atoms with Crippen molar-refractivity contribution in [3.8, 4) is 0 Å². The number of hydrogen-bond acceptors (Lipinski definition) is 3. The summed E-state index contributed by atoms with van der Waals surface area (Å²) in [7, 11) is 0. The van der Waals surface area contributed by atoms with Gasteiger partial charge in [-0.15, -0.1) is 0 Å². The lowest BCUT2D eigenvalue weighted by molar-refractivity contribution is -0.133. The second-order valence-corrected chi connectivity index (χ2v) is 5.02. The standard InChI is InChI=1S/C15H22N2O2/c1-12-11-17(8-5-9-19-12)15(18)14(10-16)13-6-3-2-4-7-13/h2-4,6-7,12,14H,5,8-11,16H2,1H3/t12-,14+/m0/s1. The third kappa shape index (κ3) is 3.55. The molecule has 2 rings (SSSR count). The third-order valence-corrected chi connectivity index (χ3v) is 3.50. The molecule has 1 heterocycles. The Morgan fingerprint density at radius 3 is 2.89 bits per heavy atom. The Morgan fingerprint density at radius 1 is 1.47 bits per heavy atom. The molecule has 0 radical (unpaired) electrons. The van der Waals surface area contributed by atoms with Crippen molar-refractivity contribution in [2.24, 2.45) is 5.73 Å².